The molecule has 0 fully saturated rings. The van der Waals surface area contributed by atoms with Crippen LogP contribution in [0.5, 0.6) is 0 Å². The first-order valence-corrected chi connectivity index (χ1v) is 7.90. The third-order valence-electron chi connectivity index (χ3n) is 3.15. The van der Waals surface area contributed by atoms with Gasteiger partial charge in [0.2, 0.25) is 0 Å². The third kappa shape index (κ3) is 12.2. The quantitative estimate of drug-likeness (QED) is 0.201. The van der Waals surface area contributed by atoms with Gasteiger partial charge in [0, 0.05) is 32.0 Å². The molecule has 0 heterocycles. The van der Waals surface area contributed by atoms with E-state index in [0.29, 0.717) is 19.7 Å². The van der Waals surface area contributed by atoms with Crippen molar-refractivity contribution in [2.75, 3.05) is 59.8 Å². The highest BCUT2D eigenvalue weighted by atomic mass is 16.5. The minimum atomic E-state index is -0.461. The molecule has 0 aromatic rings. The standard InChI is InChI=1S/C15H29NO8/c1-22-9-13(8-19)11-24-15(21)3-5-16-4-2-14(20)23-10-12(6-17)7-18/h12-13,16-19H,2-11H2,1H3. The Bertz CT molecular complexity index is 335. The van der Waals surface area contributed by atoms with E-state index in [0.717, 1.165) is 0 Å². The van der Waals surface area contributed by atoms with Crippen molar-refractivity contribution in [2.45, 2.75) is 12.8 Å². The van der Waals surface area contributed by atoms with Crippen LogP contribution in [0.2, 0.25) is 0 Å². The summed E-state index contributed by atoms with van der Waals surface area (Å²) in [5.74, 6) is -1.53. The zero-order valence-electron chi connectivity index (χ0n) is 14.1. The van der Waals surface area contributed by atoms with Crippen LogP contribution in [-0.4, -0.2) is 87.1 Å². The van der Waals surface area contributed by atoms with Gasteiger partial charge in [0.15, 0.2) is 0 Å². The lowest BCUT2D eigenvalue weighted by atomic mass is 10.2. The first kappa shape index (κ1) is 22.7. The van der Waals surface area contributed by atoms with Gasteiger partial charge in [-0.2, -0.15) is 0 Å². The van der Waals surface area contributed by atoms with E-state index in [1.807, 2.05) is 0 Å². The Morgan fingerprint density at radius 1 is 0.833 bits per heavy atom. The molecule has 0 bridgehead atoms. The van der Waals surface area contributed by atoms with Crippen LogP contribution in [0, 0.1) is 11.8 Å². The summed E-state index contributed by atoms with van der Waals surface area (Å²) in [6.45, 7) is 0.496. The van der Waals surface area contributed by atoms with Crippen molar-refractivity contribution in [2.24, 2.45) is 11.8 Å². The topological polar surface area (TPSA) is 135 Å². The molecule has 0 rings (SSSR count). The molecule has 1 atom stereocenters. The monoisotopic (exact) mass is 351 g/mol. The van der Waals surface area contributed by atoms with Gasteiger partial charge in [0.25, 0.3) is 0 Å². The number of hydrogen-bond donors (Lipinski definition) is 4. The molecule has 0 aliphatic heterocycles. The summed E-state index contributed by atoms with van der Waals surface area (Å²) in [5.41, 5.74) is 0. The van der Waals surface area contributed by atoms with Crippen LogP contribution in [-0.2, 0) is 23.8 Å². The maximum absolute atomic E-state index is 11.5. The number of hydrogen-bond acceptors (Lipinski definition) is 9. The molecule has 0 aliphatic carbocycles. The van der Waals surface area contributed by atoms with Crippen LogP contribution >= 0.6 is 0 Å². The van der Waals surface area contributed by atoms with Gasteiger partial charge in [-0.3, -0.25) is 9.59 Å². The van der Waals surface area contributed by atoms with Crippen LogP contribution < -0.4 is 5.32 Å². The van der Waals surface area contributed by atoms with E-state index in [9.17, 15) is 9.59 Å². The number of aliphatic hydroxyl groups is 3. The molecule has 0 saturated carbocycles. The fourth-order valence-electron chi connectivity index (χ4n) is 1.62. The Morgan fingerprint density at radius 3 is 1.71 bits per heavy atom. The van der Waals surface area contributed by atoms with E-state index in [4.69, 9.17) is 29.5 Å². The van der Waals surface area contributed by atoms with Gasteiger partial charge in [0.1, 0.15) is 0 Å². The van der Waals surface area contributed by atoms with E-state index < -0.39 is 17.9 Å². The van der Waals surface area contributed by atoms with Crippen molar-refractivity contribution in [3.8, 4) is 0 Å². The molecule has 0 aliphatic rings. The van der Waals surface area contributed by atoms with E-state index in [2.05, 4.69) is 5.32 Å². The summed E-state index contributed by atoms with van der Waals surface area (Å²) in [6, 6.07) is 0. The van der Waals surface area contributed by atoms with Crippen molar-refractivity contribution in [3.63, 3.8) is 0 Å². The van der Waals surface area contributed by atoms with Crippen molar-refractivity contribution >= 4 is 11.9 Å². The average molecular weight is 351 g/mol. The second-order valence-electron chi connectivity index (χ2n) is 5.35. The lowest BCUT2D eigenvalue weighted by Crippen LogP contribution is -2.26. The predicted molar refractivity (Wildman–Crippen MR) is 84.1 cm³/mol. The molecule has 9 nitrogen and oxygen atoms in total. The zero-order chi connectivity index (χ0) is 18.2. The molecule has 0 aromatic carbocycles. The maximum Gasteiger partial charge on any atom is 0.307 e. The first-order chi connectivity index (χ1) is 11.6. The molecule has 24 heavy (non-hydrogen) atoms. The van der Waals surface area contributed by atoms with Crippen LogP contribution in [0.15, 0.2) is 0 Å². The van der Waals surface area contributed by atoms with Crippen molar-refractivity contribution in [1.29, 1.82) is 0 Å². The second-order valence-corrected chi connectivity index (χ2v) is 5.35. The van der Waals surface area contributed by atoms with Crippen LogP contribution in [0.4, 0.5) is 0 Å². The molecule has 0 aromatic heterocycles. The Kier molecular flexibility index (Phi) is 14.5. The van der Waals surface area contributed by atoms with Gasteiger partial charge in [0.05, 0.1) is 52.5 Å². The summed E-state index contributed by atoms with van der Waals surface area (Å²) in [5, 5.41) is 29.6. The van der Waals surface area contributed by atoms with E-state index in [1.165, 1.54) is 7.11 Å². The highest BCUT2D eigenvalue weighted by Gasteiger charge is 2.12. The number of methoxy groups -OCH3 is 1. The summed E-state index contributed by atoms with van der Waals surface area (Å²) in [6.07, 6.45) is 0.274. The molecule has 0 radical (unpaired) electrons. The Hall–Kier alpha value is -1.26. The van der Waals surface area contributed by atoms with E-state index in [-0.39, 0.29) is 51.8 Å². The summed E-state index contributed by atoms with van der Waals surface area (Å²) < 4.78 is 14.8. The number of carbonyl (C=O) groups excluding carboxylic acids is 2. The fraction of sp³-hybridized carbons (Fsp3) is 0.867. The van der Waals surface area contributed by atoms with Crippen molar-refractivity contribution in [3.05, 3.63) is 0 Å². The number of rotatable bonds is 15. The lowest BCUT2D eigenvalue weighted by molar-refractivity contribution is -0.146. The molecule has 1 unspecified atom stereocenters. The molecule has 9 heteroatoms. The summed E-state index contributed by atoms with van der Waals surface area (Å²) in [4.78, 5) is 22.9. The van der Waals surface area contributed by atoms with Gasteiger partial charge < -0.3 is 34.8 Å². The van der Waals surface area contributed by atoms with Gasteiger partial charge in [-0.25, -0.2) is 0 Å². The largest absolute Gasteiger partial charge is 0.465 e. The average Bonchev–Trinajstić information content (AvgIpc) is 2.59. The highest BCUT2D eigenvalue weighted by Crippen LogP contribution is 1.99. The minimum Gasteiger partial charge on any atom is -0.465 e. The third-order valence-corrected chi connectivity index (χ3v) is 3.15. The molecule has 0 spiro atoms. The Morgan fingerprint density at radius 2 is 1.29 bits per heavy atom. The van der Waals surface area contributed by atoms with E-state index >= 15 is 0 Å². The van der Waals surface area contributed by atoms with Crippen molar-refractivity contribution in [1.82, 2.24) is 5.32 Å². The number of esters is 2. The molecule has 4 N–H and O–H groups in total. The SMILES string of the molecule is COCC(CO)COC(=O)CCNCCC(=O)OCC(CO)CO. The van der Waals surface area contributed by atoms with Crippen LogP contribution in [0.25, 0.3) is 0 Å². The van der Waals surface area contributed by atoms with Gasteiger partial charge >= 0.3 is 11.9 Å². The number of nitrogens with one attached hydrogen (secondary N) is 1. The molecule has 142 valence electrons. The number of aliphatic hydroxyl groups excluding tert-OH is 3. The number of carbonyl (C=O) groups is 2. The normalized spacial score (nSPS) is 12.2. The minimum absolute atomic E-state index is 0.0222. The zero-order valence-corrected chi connectivity index (χ0v) is 14.1. The Labute approximate surface area is 141 Å². The molecular weight excluding hydrogens is 322 g/mol. The second kappa shape index (κ2) is 15.3. The smallest absolute Gasteiger partial charge is 0.307 e. The molecule has 0 amide bonds. The van der Waals surface area contributed by atoms with Gasteiger partial charge in [-0.1, -0.05) is 0 Å². The van der Waals surface area contributed by atoms with Gasteiger partial charge in [-0.15, -0.1) is 0 Å². The summed E-state index contributed by atoms with van der Waals surface area (Å²) >= 11 is 0. The first-order valence-electron chi connectivity index (χ1n) is 7.90. The summed E-state index contributed by atoms with van der Waals surface area (Å²) in [7, 11) is 1.51. The van der Waals surface area contributed by atoms with Crippen LogP contribution in [0.1, 0.15) is 12.8 Å². The highest BCUT2D eigenvalue weighted by molar-refractivity contribution is 5.70. The molecule has 0 saturated heterocycles. The van der Waals surface area contributed by atoms with Crippen molar-refractivity contribution < 1.29 is 39.1 Å². The predicted octanol–water partition coefficient (Wildman–Crippen LogP) is -1.70. The van der Waals surface area contributed by atoms with E-state index in [1.54, 1.807) is 0 Å². The number of ether oxygens (including phenoxy) is 3. The Balaban J connectivity index is 3.61. The maximum atomic E-state index is 11.5. The van der Waals surface area contributed by atoms with Crippen LogP contribution in [0.3, 0.4) is 0 Å². The lowest BCUT2D eigenvalue weighted by Gasteiger charge is -2.13. The fourth-order valence-corrected chi connectivity index (χ4v) is 1.62. The van der Waals surface area contributed by atoms with Gasteiger partial charge in [-0.05, 0) is 0 Å². The molecular formula is C15H29NO8.